The van der Waals surface area contributed by atoms with Gasteiger partial charge < -0.3 is 19.7 Å². The number of allylic oxidation sites excluding steroid dienone is 1. The van der Waals surface area contributed by atoms with Crippen LogP contribution >= 0.6 is 0 Å². The van der Waals surface area contributed by atoms with Crippen molar-refractivity contribution in [1.29, 1.82) is 0 Å². The van der Waals surface area contributed by atoms with Crippen LogP contribution < -0.4 is 15.5 Å². The minimum atomic E-state index is -0.345. The number of fused-ring (bicyclic) bond motifs is 1. The van der Waals surface area contributed by atoms with Crippen molar-refractivity contribution in [3.8, 4) is 5.75 Å². The lowest BCUT2D eigenvalue weighted by Gasteiger charge is -2.31. The molecule has 212 valence electrons. The Labute approximate surface area is 232 Å². The number of hydrogen-bond donors (Lipinski definition) is 2. The first-order valence-electron chi connectivity index (χ1n) is 14.5. The van der Waals surface area contributed by atoms with Crippen LogP contribution in [0.15, 0.2) is 54.1 Å². The van der Waals surface area contributed by atoms with E-state index in [2.05, 4.69) is 34.8 Å². The van der Waals surface area contributed by atoms with E-state index < -0.39 is 0 Å². The fourth-order valence-corrected chi connectivity index (χ4v) is 5.06. The Morgan fingerprint density at radius 2 is 1.87 bits per heavy atom. The summed E-state index contributed by atoms with van der Waals surface area (Å²) >= 11 is 0. The van der Waals surface area contributed by atoms with Gasteiger partial charge in [0, 0.05) is 44.0 Å². The molecule has 2 fully saturated rings. The molecule has 0 aliphatic carbocycles. The molecule has 0 radical (unpaired) electrons. The SMILES string of the molecule is CCN1CCC(NC(=O)C(=CCCCCC(=O)NOC2CCCCO2)COc2cccc3ccccc23)CC1. The average molecular weight is 538 g/mol. The van der Waals surface area contributed by atoms with Gasteiger partial charge in [0.1, 0.15) is 12.4 Å². The standard InChI is InChI=1S/C31H43N3O5/c1-2-34-20-18-26(19-21-34)32-31(36)25(23-38-28-15-10-13-24-11-6-7-14-27(24)28)12-4-3-5-16-29(35)33-39-30-17-8-9-22-37-30/h6-7,10-15,26,30H,2-5,8-9,16-23H2,1H3,(H,32,36)(H,33,35). The Hall–Kier alpha value is -2.94. The maximum Gasteiger partial charge on any atom is 0.250 e. The number of likely N-dealkylation sites (tertiary alicyclic amines) is 1. The molecule has 0 spiro atoms. The molecule has 1 atom stereocenters. The number of rotatable bonds is 13. The van der Waals surface area contributed by atoms with Gasteiger partial charge in [-0.3, -0.25) is 9.59 Å². The maximum atomic E-state index is 13.3. The van der Waals surface area contributed by atoms with Crippen molar-refractivity contribution in [3.63, 3.8) is 0 Å². The summed E-state index contributed by atoms with van der Waals surface area (Å²) in [6.07, 6.45) is 8.96. The minimum Gasteiger partial charge on any atom is -0.488 e. The predicted molar refractivity (Wildman–Crippen MR) is 152 cm³/mol. The summed E-state index contributed by atoms with van der Waals surface area (Å²) in [4.78, 5) is 33.2. The van der Waals surface area contributed by atoms with Gasteiger partial charge in [-0.2, -0.15) is 0 Å². The number of nitrogens with one attached hydrogen (secondary N) is 2. The highest BCUT2D eigenvalue weighted by Gasteiger charge is 2.21. The van der Waals surface area contributed by atoms with E-state index in [0.717, 1.165) is 74.7 Å². The Morgan fingerprint density at radius 3 is 2.67 bits per heavy atom. The molecule has 8 nitrogen and oxygen atoms in total. The van der Waals surface area contributed by atoms with Crippen molar-refractivity contribution in [2.45, 2.75) is 77.0 Å². The van der Waals surface area contributed by atoms with Gasteiger partial charge in [-0.25, -0.2) is 10.3 Å². The number of nitrogens with zero attached hydrogens (tertiary/aromatic N) is 1. The number of hydroxylamine groups is 1. The van der Waals surface area contributed by atoms with Gasteiger partial charge in [-0.05, 0) is 62.9 Å². The fourth-order valence-electron chi connectivity index (χ4n) is 5.06. The second-order valence-corrected chi connectivity index (χ2v) is 10.4. The van der Waals surface area contributed by atoms with E-state index in [1.807, 2.05) is 36.4 Å². The van der Waals surface area contributed by atoms with E-state index in [9.17, 15) is 9.59 Å². The quantitative estimate of drug-likeness (QED) is 0.215. The normalized spacial score (nSPS) is 19.1. The number of hydrogen-bond acceptors (Lipinski definition) is 6. The van der Waals surface area contributed by atoms with Crippen molar-refractivity contribution in [1.82, 2.24) is 15.7 Å². The lowest BCUT2D eigenvalue weighted by Crippen LogP contribution is -2.45. The number of piperidine rings is 1. The van der Waals surface area contributed by atoms with Crippen molar-refractivity contribution in [2.24, 2.45) is 0 Å². The summed E-state index contributed by atoms with van der Waals surface area (Å²) in [5.41, 5.74) is 3.14. The van der Waals surface area contributed by atoms with Crippen LogP contribution in [0.3, 0.4) is 0 Å². The zero-order valence-corrected chi connectivity index (χ0v) is 23.2. The van der Waals surface area contributed by atoms with Gasteiger partial charge >= 0.3 is 0 Å². The summed E-state index contributed by atoms with van der Waals surface area (Å²) in [5.74, 6) is 0.550. The van der Waals surface area contributed by atoms with Gasteiger partial charge in [-0.15, -0.1) is 0 Å². The molecule has 8 heteroatoms. The minimum absolute atomic E-state index is 0.0659. The number of unbranched alkanes of at least 4 members (excludes halogenated alkanes) is 2. The largest absolute Gasteiger partial charge is 0.488 e. The molecule has 0 saturated carbocycles. The highest BCUT2D eigenvalue weighted by atomic mass is 16.8. The van der Waals surface area contributed by atoms with Gasteiger partial charge in [0.05, 0.1) is 5.57 Å². The van der Waals surface area contributed by atoms with Crippen LogP contribution in [0.4, 0.5) is 0 Å². The van der Waals surface area contributed by atoms with Gasteiger partial charge in [0.15, 0.2) is 6.29 Å². The molecule has 39 heavy (non-hydrogen) atoms. The second kappa shape index (κ2) is 15.6. The highest BCUT2D eigenvalue weighted by molar-refractivity contribution is 5.94. The molecule has 2 saturated heterocycles. The van der Waals surface area contributed by atoms with Gasteiger partial charge in [-0.1, -0.05) is 49.4 Å². The van der Waals surface area contributed by atoms with Crippen molar-refractivity contribution < 1.29 is 23.9 Å². The van der Waals surface area contributed by atoms with Crippen LogP contribution in [0.25, 0.3) is 10.8 Å². The molecule has 0 bridgehead atoms. The molecule has 2 aromatic rings. The summed E-state index contributed by atoms with van der Waals surface area (Å²) in [5, 5.41) is 5.37. The summed E-state index contributed by atoms with van der Waals surface area (Å²) in [7, 11) is 0. The van der Waals surface area contributed by atoms with Crippen LogP contribution in [0.1, 0.15) is 64.7 Å². The second-order valence-electron chi connectivity index (χ2n) is 10.4. The number of carbonyl (C=O) groups excluding carboxylic acids is 2. The first kappa shape index (κ1) is 29.1. The lowest BCUT2D eigenvalue weighted by molar-refractivity contribution is -0.200. The molecule has 2 aliphatic rings. The number of carbonyl (C=O) groups is 2. The zero-order chi connectivity index (χ0) is 27.3. The lowest BCUT2D eigenvalue weighted by atomic mass is 10.0. The molecule has 4 rings (SSSR count). The van der Waals surface area contributed by atoms with Gasteiger partial charge in [0.25, 0.3) is 5.91 Å². The molecule has 2 heterocycles. The highest BCUT2D eigenvalue weighted by Crippen LogP contribution is 2.25. The van der Waals surface area contributed by atoms with E-state index in [1.54, 1.807) is 0 Å². The average Bonchev–Trinajstić information content (AvgIpc) is 2.98. The monoisotopic (exact) mass is 537 g/mol. The predicted octanol–water partition coefficient (Wildman–Crippen LogP) is 4.88. The topological polar surface area (TPSA) is 89.1 Å². The molecule has 2 N–H and O–H groups in total. The Kier molecular flexibility index (Phi) is 11.6. The third-order valence-corrected chi connectivity index (χ3v) is 7.49. The smallest absolute Gasteiger partial charge is 0.250 e. The first-order valence-corrected chi connectivity index (χ1v) is 14.5. The molecular weight excluding hydrogens is 494 g/mol. The molecule has 1 unspecified atom stereocenters. The van der Waals surface area contributed by atoms with Crippen LogP contribution in [0.5, 0.6) is 5.75 Å². The zero-order valence-electron chi connectivity index (χ0n) is 23.2. The Bertz CT molecular complexity index is 1090. The Morgan fingerprint density at radius 1 is 1.05 bits per heavy atom. The van der Waals surface area contributed by atoms with Crippen molar-refractivity contribution in [3.05, 3.63) is 54.1 Å². The molecule has 2 aliphatic heterocycles. The fraction of sp³-hybridized carbons (Fsp3) is 0.548. The van der Waals surface area contributed by atoms with Crippen molar-refractivity contribution in [2.75, 3.05) is 32.8 Å². The number of ether oxygens (including phenoxy) is 2. The van der Waals surface area contributed by atoms with Gasteiger partial charge in [0.2, 0.25) is 5.91 Å². The van der Waals surface area contributed by atoms with E-state index in [4.69, 9.17) is 14.3 Å². The van der Waals surface area contributed by atoms with E-state index >= 15 is 0 Å². The first-order chi connectivity index (χ1) is 19.1. The molecule has 0 aromatic heterocycles. The molecular formula is C31H43N3O5. The number of benzene rings is 2. The third-order valence-electron chi connectivity index (χ3n) is 7.49. The summed E-state index contributed by atoms with van der Waals surface area (Å²) in [6.45, 7) is 6.10. The van der Waals surface area contributed by atoms with Crippen molar-refractivity contribution >= 4 is 22.6 Å². The van der Waals surface area contributed by atoms with E-state index in [0.29, 0.717) is 31.4 Å². The summed E-state index contributed by atoms with van der Waals surface area (Å²) in [6, 6.07) is 14.2. The number of amides is 2. The van der Waals surface area contributed by atoms with E-state index in [1.165, 1.54) is 0 Å². The molecule has 2 aromatic carbocycles. The third kappa shape index (κ3) is 9.34. The Balaban J connectivity index is 1.29. The van der Waals surface area contributed by atoms with Crippen LogP contribution in [-0.4, -0.2) is 61.9 Å². The maximum absolute atomic E-state index is 13.3. The summed E-state index contributed by atoms with van der Waals surface area (Å²) < 4.78 is 11.6. The van der Waals surface area contributed by atoms with Crippen LogP contribution in [-0.2, 0) is 19.2 Å². The van der Waals surface area contributed by atoms with Crippen LogP contribution in [0, 0.1) is 0 Å². The van der Waals surface area contributed by atoms with E-state index in [-0.39, 0.29) is 30.8 Å². The van der Waals surface area contributed by atoms with Crippen LogP contribution in [0.2, 0.25) is 0 Å². The molecule has 2 amide bonds.